The minimum atomic E-state index is -4.81. The Labute approximate surface area is 200 Å². The van der Waals surface area contributed by atoms with Crippen molar-refractivity contribution in [2.24, 2.45) is 0 Å². The largest absolute Gasteiger partial charge is 0.524 e. The van der Waals surface area contributed by atoms with Gasteiger partial charge in [-0.2, -0.15) is 5.10 Å². The molecule has 2 heterocycles. The first kappa shape index (κ1) is 23.2. The number of aromatic hydroxyl groups is 1. The molecule has 1 spiro atoms. The lowest BCUT2D eigenvalue weighted by Crippen LogP contribution is -2.30. The molecular weight excluding hydrogens is 481 g/mol. The lowest BCUT2D eigenvalue weighted by atomic mass is 9.98. The SMILES string of the molecule is CC(C)c1cc(-c2n[nH]c(=S)n2-c2ccc3c(c2)CC2(C3)OCCO2)c(O)cc1OP(=O)(O)O. The predicted molar refractivity (Wildman–Crippen MR) is 125 cm³/mol. The Morgan fingerprint density at radius 1 is 1.18 bits per heavy atom. The monoisotopic (exact) mass is 505 g/mol. The standard InChI is InChI=1S/C22H24N3O7PS/c1-12(2)16-8-17(18(26)9-19(16)32-33(27,28)29)20-23-24-21(34)25(20)15-4-3-13-10-22(11-14(13)7-15)30-5-6-31-22/h3-4,7-9,12,26H,5-6,10-11H2,1-2H3,(H,24,34)(H2,27,28,29). The number of rotatable bonds is 5. The second kappa shape index (κ2) is 8.30. The topological polar surface area (TPSA) is 139 Å². The number of aromatic nitrogens is 3. The van der Waals surface area contributed by atoms with Crippen molar-refractivity contribution in [3.8, 4) is 28.6 Å². The Balaban J connectivity index is 1.59. The van der Waals surface area contributed by atoms with Gasteiger partial charge in [-0.25, -0.2) is 4.57 Å². The van der Waals surface area contributed by atoms with Gasteiger partial charge in [0.05, 0.1) is 24.5 Å². The van der Waals surface area contributed by atoms with E-state index in [1.807, 2.05) is 32.0 Å². The number of ether oxygens (including phenoxy) is 2. The van der Waals surface area contributed by atoms with Gasteiger partial charge in [0.1, 0.15) is 11.5 Å². The third-order valence-corrected chi connectivity index (χ3v) is 6.77. The zero-order valence-corrected chi connectivity index (χ0v) is 20.2. The normalized spacial score (nSPS) is 17.0. The summed E-state index contributed by atoms with van der Waals surface area (Å²) >= 11 is 5.49. The predicted octanol–water partition coefficient (Wildman–Crippen LogP) is 3.74. The van der Waals surface area contributed by atoms with Crippen molar-refractivity contribution in [1.82, 2.24) is 14.8 Å². The maximum absolute atomic E-state index is 11.4. The highest BCUT2D eigenvalue weighted by molar-refractivity contribution is 7.71. The number of nitrogens with one attached hydrogen (secondary N) is 1. The number of phenolic OH excluding ortho intramolecular Hbond substituents is 1. The molecule has 1 aliphatic heterocycles. The molecule has 2 aliphatic rings. The van der Waals surface area contributed by atoms with E-state index >= 15 is 0 Å². The van der Waals surface area contributed by atoms with Gasteiger partial charge < -0.3 is 19.1 Å². The molecule has 2 aromatic carbocycles. The van der Waals surface area contributed by atoms with Gasteiger partial charge in [-0.3, -0.25) is 19.5 Å². The van der Waals surface area contributed by atoms with Crippen LogP contribution < -0.4 is 4.52 Å². The third-order valence-electron chi connectivity index (χ3n) is 6.06. The van der Waals surface area contributed by atoms with Crippen LogP contribution in [0.5, 0.6) is 11.5 Å². The fourth-order valence-corrected chi connectivity index (χ4v) is 5.22. The summed E-state index contributed by atoms with van der Waals surface area (Å²) in [6.07, 6.45) is 1.32. The molecule has 1 aliphatic carbocycles. The van der Waals surface area contributed by atoms with Crippen molar-refractivity contribution in [1.29, 1.82) is 0 Å². The molecule has 1 fully saturated rings. The molecule has 0 radical (unpaired) electrons. The fraction of sp³-hybridized carbons (Fsp3) is 0.364. The van der Waals surface area contributed by atoms with E-state index in [1.165, 1.54) is 6.07 Å². The quantitative estimate of drug-likeness (QED) is 0.302. The molecule has 0 unspecified atom stereocenters. The Hall–Kier alpha value is -2.53. The molecular formula is C22H24N3O7PS. The molecule has 10 nitrogen and oxygen atoms in total. The minimum Gasteiger partial charge on any atom is -0.507 e. The Morgan fingerprint density at radius 3 is 2.56 bits per heavy atom. The molecule has 0 saturated carbocycles. The Kier molecular flexibility index (Phi) is 5.67. The molecule has 5 rings (SSSR count). The van der Waals surface area contributed by atoms with Crippen LogP contribution in [0.1, 0.15) is 36.5 Å². The van der Waals surface area contributed by atoms with Crippen molar-refractivity contribution >= 4 is 20.0 Å². The summed E-state index contributed by atoms with van der Waals surface area (Å²) in [4.78, 5) is 18.5. The van der Waals surface area contributed by atoms with Gasteiger partial charge in [0.25, 0.3) is 0 Å². The molecule has 1 aromatic heterocycles. The summed E-state index contributed by atoms with van der Waals surface area (Å²) in [5, 5.41) is 17.9. The van der Waals surface area contributed by atoms with Crippen LogP contribution in [-0.2, 0) is 26.9 Å². The van der Waals surface area contributed by atoms with E-state index < -0.39 is 13.6 Å². The third kappa shape index (κ3) is 4.19. The second-order valence-corrected chi connectivity index (χ2v) is 10.3. The van der Waals surface area contributed by atoms with E-state index in [-0.39, 0.29) is 17.4 Å². The minimum absolute atomic E-state index is 0.0929. The van der Waals surface area contributed by atoms with E-state index in [4.69, 9.17) is 26.2 Å². The van der Waals surface area contributed by atoms with Gasteiger partial charge in [0.15, 0.2) is 16.4 Å². The lowest BCUT2D eigenvalue weighted by Gasteiger charge is -2.20. The van der Waals surface area contributed by atoms with Crippen molar-refractivity contribution in [3.63, 3.8) is 0 Å². The van der Waals surface area contributed by atoms with Crippen LogP contribution in [0.25, 0.3) is 17.1 Å². The molecule has 4 N–H and O–H groups in total. The van der Waals surface area contributed by atoms with Crippen LogP contribution in [0.4, 0.5) is 0 Å². The Morgan fingerprint density at radius 2 is 1.88 bits per heavy atom. The van der Waals surface area contributed by atoms with Crippen LogP contribution in [0, 0.1) is 4.77 Å². The van der Waals surface area contributed by atoms with Crippen LogP contribution in [0.3, 0.4) is 0 Å². The summed E-state index contributed by atoms with van der Waals surface area (Å²) in [5.41, 5.74) is 3.83. The number of nitrogens with zero attached hydrogens (tertiary/aromatic N) is 2. The highest BCUT2D eigenvalue weighted by atomic mass is 32.1. The molecule has 0 atom stereocenters. The van der Waals surface area contributed by atoms with Gasteiger partial charge in [-0.1, -0.05) is 19.9 Å². The first-order valence-electron chi connectivity index (χ1n) is 10.8. The van der Waals surface area contributed by atoms with Crippen molar-refractivity contribution in [3.05, 3.63) is 51.8 Å². The summed E-state index contributed by atoms with van der Waals surface area (Å²) in [7, 11) is -4.81. The highest BCUT2D eigenvalue weighted by Crippen LogP contribution is 2.45. The summed E-state index contributed by atoms with van der Waals surface area (Å²) in [6.45, 7) is 4.86. The number of fused-ring (bicyclic) bond motifs is 1. The number of aromatic amines is 1. The van der Waals surface area contributed by atoms with E-state index in [9.17, 15) is 19.5 Å². The van der Waals surface area contributed by atoms with E-state index in [0.717, 1.165) is 16.8 Å². The van der Waals surface area contributed by atoms with Gasteiger partial charge in [0, 0.05) is 18.9 Å². The molecule has 0 bridgehead atoms. The van der Waals surface area contributed by atoms with Gasteiger partial charge in [-0.05, 0) is 53.0 Å². The number of hydrogen-bond acceptors (Lipinski definition) is 7. The van der Waals surface area contributed by atoms with Crippen LogP contribution in [0.15, 0.2) is 30.3 Å². The van der Waals surface area contributed by atoms with Gasteiger partial charge in [0.2, 0.25) is 0 Å². The zero-order valence-electron chi connectivity index (χ0n) is 18.5. The van der Waals surface area contributed by atoms with Crippen molar-refractivity contribution < 1.29 is 33.5 Å². The summed E-state index contributed by atoms with van der Waals surface area (Å²) < 4.78 is 30.0. The number of hydrogen-bond donors (Lipinski definition) is 4. The molecule has 3 aromatic rings. The van der Waals surface area contributed by atoms with Crippen LogP contribution in [-0.4, -0.2) is 48.7 Å². The van der Waals surface area contributed by atoms with Crippen molar-refractivity contribution in [2.45, 2.75) is 38.4 Å². The molecule has 34 heavy (non-hydrogen) atoms. The average molecular weight is 505 g/mol. The summed E-state index contributed by atoms with van der Waals surface area (Å²) in [5.74, 6) is -0.742. The zero-order chi connectivity index (χ0) is 24.3. The second-order valence-electron chi connectivity index (χ2n) is 8.75. The van der Waals surface area contributed by atoms with Crippen LogP contribution in [0.2, 0.25) is 0 Å². The van der Waals surface area contributed by atoms with E-state index in [1.54, 1.807) is 10.6 Å². The first-order chi connectivity index (χ1) is 16.1. The molecule has 0 amide bonds. The molecule has 180 valence electrons. The first-order valence-corrected chi connectivity index (χ1v) is 12.7. The fourth-order valence-electron chi connectivity index (χ4n) is 4.57. The number of H-pyrrole nitrogens is 1. The highest BCUT2D eigenvalue weighted by Gasteiger charge is 2.42. The van der Waals surface area contributed by atoms with Crippen LogP contribution >= 0.6 is 20.0 Å². The maximum atomic E-state index is 11.4. The molecule has 1 saturated heterocycles. The number of phenols is 1. The van der Waals surface area contributed by atoms with Gasteiger partial charge in [-0.15, -0.1) is 0 Å². The van der Waals surface area contributed by atoms with E-state index in [0.29, 0.717) is 47.8 Å². The van der Waals surface area contributed by atoms with Gasteiger partial charge >= 0.3 is 7.82 Å². The number of benzene rings is 2. The molecule has 12 heteroatoms. The summed E-state index contributed by atoms with van der Waals surface area (Å²) in [6, 6.07) is 8.74. The Bertz CT molecular complexity index is 1370. The van der Waals surface area contributed by atoms with Crippen molar-refractivity contribution in [2.75, 3.05) is 13.2 Å². The number of phosphoric acid groups is 1. The lowest BCUT2D eigenvalue weighted by molar-refractivity contribution is -0.147. The maximum Gasteiger partial charge on any atom is 0.524 e. The average Bonchev–Trinajstić information content (AvgIpc) is 3.44. The number of phosphoric ester groups is 1. The smallest absolute Gasteiger partial charge is 0.507 e. The van der Waals surface area contributed by atoms with E-state index in [2.05, 4.69) is 10.2 Å².